The Morgan fingerprint density at radius 2 is 0.500 bits per heavy atom. The number of carbonyl (C=O) groups excluding carboxylic acids is 3. The standard InChI is InChI=1S/C72H124O6/c1-4-7-10-13-16-19-22-25-28-30-32-34-35-36-37-39-40-42-44-47-50-53-56-59-62-65-71(74)77-68-69(67-76-70(73)64-61-58-55-52-49-46-27-24-21-18-15-12-9-6-3)78-72(75)66-63-60-57-54-51-48-45-43-41-38-33-31-29-26-23-20-17-14-11-8-5-2/h7-8,10-11,16-17,19-20,25-26,28-29,32-34,38,69H,4-6,9,12-15,18,21-24,27,30-31,35-37,39-68H2,1-3H3/b10-7-,11-8-,19-16-,20-17-,28-25-,29-26-,34-32-,38-33-. The van der Waals surface area contributed by atoms with E-state index in [4.69, 9.17) is 14.2 Å². The Labute approximate surface area is 483 Å². The second-order valence-electron chi connectivity index (χ2n) is 22.0. The van der Waals surface area contributed by atoms with Crippen molar-refractivity contribution in [3.05, 3.63) is 97.2 Å². The highest BCUT2D eigenvalue weighted by Crippen LogP contribution is 2.17. The van der Waals surface area contributed by atoms with Gasteiger partial charge in [0.2, 0.25) is 0 Å². The van der Waals surface area contributed by atoms with E-state index in [-0.39, 0.29) is 31.1 Å². The first-order valence-electron chi connectivity index (χ1n) is 33.2. The maximum Gasteiger partial charge on any atom is 0.306 e. The summed E-state index contributed by atoms with van der Waals surface area (Å²) in [6.07, 6.45) is 88.4. The Balaban J connectivity index is 4.33. The third kappa shape index (κ3) is 63.2. The third-order valence-corrected chi connectivity index (χ3v) is 14.3. The van der Waals surface area contributed by atoms with E-state index in [2.05, 4.69) is 118 Å². The van der Waals surface area contributed by atoms with Gasteiger partial charge in [0.1, 0.15) is 13.2 Å². The Morgan fingerprint density at radius 1 is 0.269 bits per heavy atom. The molecule has 448 valence electrons. The molecule has 0 aromatic heterocycles. The molecule has 6 nitrogen and oxygen atoms in total. The lowest BCUT2D eigenvalue weighted by Crippen LogP contribution is -2.30. The zero-order chi connectivity index (χ0) is 56.4. The molecule has 0 saturated carbocycles. The molecule has 0 aromatic carbocycles. The van der Waals surface area contributed by atoms with Gasteiger partial charge in [-0.2, -0.15) is 0 Å². The summed E-state index contributed by atoms with van der Waals surface area (Å²) in [7, 11) is 0. The first-order chi connectivity index (χ1) is 38.5. The molecule has 0 saturated heterocycles. The quantitative estimate of drug-likeness (QED) is 0.0261. The van der Waals surface area contributed by atoms with Crippen LogP contribution in [-0.4, -0.2) is 37.2 Å². The number of hydrogen-bond donors (Lipinski definition) is 0. The Hall–Kier alpha value is -3.67. The fourth-order valence-corrected chi connectivity index (χ4v) is 9.43. The Bertz CT molecular complexity index is 1530. The average Bonchev–Trinajstić information content (AvgIpc) is 3.44. The number of ether oxygens (including phenoxy) is 3. The van der Waals surface area contributed by atoms with Crippen molar-refractivity contribution in [2.75, 3.05) is 13.2 Å². The van der Waals surface area contributed by atoms with Gasteiger partial charge < -0.3 is 14.2 Å². The highest BCUT2D eigenvalue weighted by Gasteiger charge is 2.19. The van der Waals surface area contributed by atoms with Gasteiger partial charge in [0, 0.05) is 19.3 Å². The molecule has 0 aliphatic heterocycles. The Morgan fingerprint density at radius 3 is 0.782 bits per heavy atom. The van der Waals surface area contributed by atoms with Gasteiger partial charge in [-0.3, -0.25) is 14.4 Å². The molecule has 6 heteroatoms. The number of unbranched alkanes of at least 4 members (excludes halogenated alkanes) is 33. The lowest BCUT2D eigenvalue weighted by Gasteiger charge is -2.18. The van der Waals surface area contributed by atoms with Crippen LogP contribution < -0.4 is 0 Å². The summed E-state index contributed by atoms with van der Waals surface area (Å²) in [6.45, 7) is 6.45. The van der Waals surface area contributed by atoms with Crippen LogP contribution in [0.25, 0.3) is 0 Å². The van der Waals surface area contributed by atoms with Crippen molar-refractivity contribution in [1.82, 2.24) is 0 Å². The van der Waals surface area contributed by atoms with Crippen LogP contribution >= 0.6 is 0 Å². The SMILES string of the molecule is CC/C=C\C/C=C\C/C=C\C/C=C\CCCCCCCCCCCCCCC(=O)OCC(COC(=O)CCCCCCCCCCCCCCCC)OC(=O)CCCCCCCCCC/C=C\C/C=C\C/C=C\C/C=C\CC. The number of rotatable bonds is 60. The van der Waals surface area contributed by atoms with E-state index >= 15 is 0 Å². The molecule has 1 atom stereocenters. The van der Waals surface area contributed by atoms with E-state index in [1.165, 1.54) is 167 Å². The molecule has 0 spiro atoms. The van der Waals surface area contributed by atoms with Crippen LogP contribution in [0.15, 0.2) is 97.2 Å². The number of allylic oxidation sites excluding steroid dienone is 16. The fourth-order valence-electron chi connectivity index (χ4n) is 9.43. The molecule has 0 aliphatic carbocycles. The van der Waals surface area contributed by atoms with E-state index < -0.39 is 6.10 Å². The third-order valence-electron chi connectivity index (χ3n) is 14.3. The minimum atomic E-state index is -0.783. The molecular weight excluding hydrogens is 961 g/mol. The molecule has 0 fully saturated rings. The fraction of sp³-hybridized carbons (Fsp3) is 0.736. The Kier molecular flexibility index (Phi) is 62.7. The van der Waals surface area contributed by atoms with Crippen molar-refractivity contribution in [2.45, 2.75) is 329 Å². The maximum atomic E-state index is 12.9. The van der Waals surface area contributed by atoms with Gasteiger partial charge in [-0.25, -0.2) is 0 Å². The van der Waals surface area contributed by atoms with Crippen molar-refractivity contribution >= 4 is 17.9 Å². The first kappa shape index (κ1) is 74.3. The van der Waals surface area contributed by atoms with E-state index in [0.717, 1.165) is 116 Å². The summed E-state index contributed by atoms with van der Waals surface area (Å²) in [5, 5.41) is 0. The van der Waals surface area contributed by atoms with Gasteiger partial charge in [-0.1, -0.05) is 304 Å². The number of carbonyl (C=O) groups is 3. The summed E-state index contributed by atoms with van der Waals surface area (Å²) < 4.78 is 17.0. The molecule has 0 aromatic rings. The summed E-state index contributed by atoms with van der Waals surface area (Å²) in [5.41, 5.74) is 0. The molecule has 0 radical (unpaired) electrons. The molecule has 0 rings (SSSR count). The average molecular weight is 1090 g/mol. The predicted octanol–water partition coefficient (Wildman–Crippen LogP) is 22.8. The number of hydrogen-bond acceptors (Lipinski definition) is 6. The summed E-state index contributed by atoms with van der Waals surface area (Å²) in [4.78, 5) is 38.4. The molecule has 0 bridgehead atoms. The summed E-state index contributed by atoms with van der Waals surface area (Å²) in [6, 6.07) is 0. The molecular formula is C72H124O6. The van der Waals surface area contributed by atoms with Gasteiger partial charge in [-0.15, -0.1) is 0 Å². The van der Waals surface area contributed by atoms with E-state index in [1.54, 1.807) is 0 Å². The minimum Gasteiger partial charge on any atom is -0.462 e. The van der Waals surface area contributed by atoms with Crippen molar-refractivity contribution in [3.63, 3.8) is 0 Å². The first-order valence-corrected chi connectivity index (χ1v) is 33.2. The monoisotopic (exact) mass is 1080 g/mol. The molecule has 0 amide bonds. The van der Waals surface area contributed by atoms with Crippen LogP contribution in [0.2, 0.25) is 0 Å². The lowest BCUT2D eigenvalue weighted by molar-refractivity contribution is -0.167. The van der Waals surface area contributed by atoms with E-state index in [0.29, 0.717) is 19.3 Å². The smallest absolute Gasteiger partial charge is 0.306 e. The van der Waals surface area contributed by atoms with Gasteiger partial charge in [0.05, 0.1) is 0 Å². The van der Waals surface area contributed by atoms with Crippen LogP contribution in [-0.2, 0) is 28.6 Å². The maximum absolute atomic E-state index is 12.9. The van der Waals surface area contributed by atoms with Crippen molar-refractivity contribution in [1.29, 1.82) is 0 Å². The summed E-state index contributed by atoms with van der Waals surface area (Å²) in [5.74, 6) is -0.873. The second kappa shape index (κ2) is 65.8. The minimum absolute atomic E-state index is 0.0780. The predicted molar refractivity (Wildman–Crippen MR) is 339 cm³/mol. The molecule has 78 heavy (non-hydrogen) atoms. The number of esters is 3. The van der Waals surface area contributed by atoms with Gasteiger partial charge >= 0.3 is 17.9 Å². The molecule has 0 aliphatic rings. The zero-order valence-corrected chi connectivity index (χ0v) is 51.4. The van der Waals surface area contributed by atoms with Gasteiger partial charge in [0.15, 0.2) is 6.10 Å². The van der Waals surface area contributed by atoms with Crippen LogP contribution in [0.1, 0.15) is 323 Å². The van der Waals surface area contributed by atoms with Gasteiger partial charge in [-0.05, 0) is 96.3 Å². The van der Waals surface area contributed by atoms with Crippen molar-refractivity contribution in [2.24, 2.45) is 0 Å². The van der Waals surface area contributed by atoms with Crippen molar-refractivity contribution in [3.8, 4) is 0 Å². The molecule has 0 heterocycles. The van der Waals surface area contributed by atoms with Gasteiger partial charge in [0.25, 0.3) is 0 Å². The van der Waals surface area contributed by atoms with Crippen LogP contribution in [0.4, 0.5) is 0 Å². The topological polar surface area (TPSA) is 78.9 Å². The normalized spacial score (nSPS) is 12.7. The largest absolute Gasteiger partial charge is 0.462 e. The highest BCUT2D eigenvalue weighted by molar-refractivity contribution is 5.71. The van der Waals surface area contributed by atoms with E-state index in [1.807, 2.05) is 0 Å². The second-order valence-corrected chi connectivity index (χ2v) is 22.0. The molecule has 1 unspecified atom stereocenters. The zero-order valence-electron chi connectivity index (χ0n) is 51.4. The van der Waals surface area contributed by atoms with E-state index in [9.17, 15) is 14.4 Å². The van der Waals surface area contributed by atoms with Crippen LogP contribution in [0.3, 0.4) is 0 Å². The van der Waals surface area contributed by atoms with Crippen LogP contribution in [0, 0.1) is 0 Å². The lowest BCUT2D eigenvalue weighted by atomic mass is 10.0. The summed E-state index contributed by atoms with van der Waals surface area (Å²) >= 11 is 0. The van der Waals surface area contributed by atoms with Crippen molar-refractivity contribution < 1.29 is 28.6 Å². The van der Waals surface area contributed by atoms with Crippen LogP contribution in [0.5, 0.6) is 0 Å². The highest BCUT2D eigenvalue weighted by atomic mass is 16.6. The molecule has 0 N–H and O–H groups in total.